The lowest BCUT2D eigenvalue weighted by molar-refractivity contribution is 0.464. The molecule has 0 rings (SSSR count). The average Bonchev–Trinajstić information content (AvgIpc) is 2.03. The van der Waals surface area contributed by atoms with Gasteiger partial charge in [-0.3, -0.25) is 5.41 Å². The van der Waals surface area contributed by atoms with Gasteiger partial charge >= 0.3 is 0 Å². The minimum Gasteiger partial charge on any atom is -0.387 e. The van der Waals surface area contributed by atoms with Crippen molar-refractivity contribution in [1.29, 1.82) is 5.41 Å². The topological polar surface area (TPSA) is 49.9 Å². The monoisotopic (exact) mass is 202 g/mol. The van der Waals surface area contributed by atoms with Crippen molar-refractivity contribution in [2.75, 3.05) is 11.5 Å². The molecule has 0 atom stereocenters. The lowest BCUT2D eigenvalue weighted by Crippen LogP contribution is -2.30. The quantitative estimate of drug-likeness (QED) is 0.379. The lowest BCUT2D eigenvalue weighted by atomic mass is 9.87. The standard InChI is InChI=1S/C10H22N2S/c1-4-7-13-8-5-6-10(2,3)9(11)12/h4-8H2,1-3H3,(H3,11,12). The van der Waals surface area contributed by atoms with Gasteiger partial charge < -0.3 is 5.73 Å². The van der Waals surface area contributed by atoms with Gasteiger partial charge in [-0.15, -0.1) is 0 Å². The Kier molecular flexibility index (Phi) is 6.21. The molecule has 13 heavy (non-hydrogen) atoms. The fraction of sp³-hybridized carbons (Fsp3) is 0.900. The Labute approximate surface area is 86.2 Å². The first-order valence-corrected chi connectivity index (χ1v) is 6.08. The molecule has 0 aliphatic carbocycles. The third kappa shape index (κ3) is 5.97. The summed E-state index contributed by atoms with van der Waals surface area (Å²) < 4.78 is 0. The summed E-state index contributed by atoms with van der Waals surface area (Å²) in [6.45, 7) is 6.28. The van der Waals surface area contributed by atoms with E-state index in [0.29, 0.717) is 5.84 Å². The molecular weight excluding hydrogens is 180 g/mol. The van der Waals surface area contributed by atoms with Gasteiger partial charge in [0.25, 0.3) is 0 Å². The van der Waals surface area contributed by atoms with Crippen LogP contribution in [0.15, 0.2) is 0 Å². The maximum atomic E-state index is 7.38. The molecule has 0 saturated heterocycles. The van der Waals surface area contributed by atoms with E-state index in [4.69, 9.17) is 11.1 Å². The molecular formula is C10H22N2S. The number of thioether (sulfide) groups is 1. The Morgan fingerprint density at radius 2 is 2.00 bits per heavy atom. The van der Waals surface area contributed by atoms with Crippen molar-refractivity contribution in [3.05, 3.63) is 0 Å². The Morgan fingerprint density at radius 3 is 2.46 bits per heavy atom. The van der Waals surface area contributed by atoms with E-state index in [1.54, 1.807) is 0 Å². The fourth-order valence-corrected chi connectivity index (χ4v) is 1.84. The van der Waals surface area contributed by atoms with Crippen LogP contribution in [-0.2, 0) is 0 Å². The molecule has 0 saturated carbocycles. The Morgan fingerprint density at radius 1 is 1.38 bits per heavy atom. The van der Waals surface area contributed by atoms with E-state index in [9.17, 15) is 0 Å². The summed E-state index contributed by atoms with van der Waals surface area (Å²) in [7, 11) is 0. The predicted octanol–water partition coefficient (Wildman–Crippen LogP) is 2.87. The van der Waals surface area contributed by atoms with E-state index in [1.165, 1.54) is 17.9 Å². The van der Waals surface area contributed by atoms with Gasteiger partial charge in [0.1, 0.15) is 0 Å². The highest BCUT2D eigenvalue weighted by atomic mass is 32.2. The number of nitrogens with one attached hydrogen (secondary N) is 1. The second-order valence-electron chi connectivity index (χ2n) is 4.01. The first kappa shape index (κ1) is 12.8. The molecule has 0 aromatic rings. The zero-order valence-electron chi connectivity index (χ0n) is 9.02. The zero-order valence-corrected chi connectivity index (χ0v) is 9.84. The largest absolute Gasteiger partial charge is 0.387 e. The van der Waals surface area contributed by atoms with Crippen molar-refractivity contribution in [2.45, 2.75) is 40.0 Å². The van der Waals surface area contributed by atoms with Gasteiger partial charge in [-0.2, -0.15) is 11.8 Å². The second kappa shape index (κ2) is 6.30. The fourth-order valence-electron chi connectivity index (χ4n) is 0.997. The average molecular weight is 202 g/mol. The van der Waals surface area contributed by atoms with Gasteiger partial charge in [0, 0.05) is 5.41 Å². The molecule has 3 heteroatoms. The van der Waals surface area contributed by atoms with Crippen LogP contribution in [0.5, 0.6) is 0 Å². The SMILES string of the molecule is CCCSCCCC(C)(C)C(=N)N. The molecule has 0 fully saturated rings. The van der Waals surface area contributed by atoms with Crippen LogP contribution < -0.4 is 5.73 Å². The lowest BCUT2D eigenvalue weighted by Gasteiger charge is -2.22. The molecule has 0 spiro atoms. The van der Waals surface area contributed by atoms with Gasteiger partial charge in [0.2, 0.25) is 0 Å². The minimum absolute atomic E-state index is 0.104. The number of rotatable bonds is 7. The van der Waals surface area contributed by atoms with Gasteiger partial charge in [-0.1, -0.05) is 20.8 Å². The van der Waals surface area contributed by atoms with Crippen molar-refractivity contribution < 1.29 is 0 Å². The van der Waals surface area contributed by atoms with E-state index in [0.717, 1.165) is 12.8 Å². The van der Waals surface area contributed by atoms with Gasteiger partial charge in [-0.25, -0.2) is 0 Å². The van der Waals surface area contributed by atoms with E-state index < -0.39 is 0 Å². The predicted molar refractivity (Wildman–Crippen MR) is 62.5 cm³/mol. The van der Waals surface area contributed by atoms with Gasteiger partial charge in [0.15, 0.2) is 0 Å². The highest BCUT2D eigenvalue weighted by Crippen LogP contribution is 2.22. The third-order valence-corrected chi connectivity index (χ3v) is 3.44. The highest BCUT2D eigenvalue weighted by Gasteiger charge is 2.20. The molecule has 0 radical (unpaired) electrons. The number of hydrogen-bond acceptors (Lipinski definition) is 2. The van der Waals surface area contributed by atoms with Gasteiger partial charge in [0.05, 0.1) is 5.84 Å². The van der Waals surface area contributed by atoms with E-state index in [1.807, 2.05) is 25.6 Å². The Hall–Kier alpha value is -0.180. The van der Waals surface area contributed by atoms with E-state index >= 15 is 0 Å². The highest BCUT2D eigenvalue weighted by molar-refractivity contribution is 7.99. The summed E-state index contributed by atoms with van der Waals surface area (Å²) in [4.78, 5) is 0. The maximum Gasteiger partial charge on any atom is 0.0963 e. The first-order valence-electron chi connectivity index (χ1n) is 4.93. The Balaban J connectivity index is 3.46. The molecule has 78 valence electrons. The van der Waals surface area contributed by atoms with Crippen molar-refractivity contribution in [3.63, 3.8) is 0 Å². The molecule has 2 nitrogen and oxygen atoms in total. The molecule has 0 aliphatic rings. The summed E-state index contributed by atoms with van der Waals surface area (Å²) in [6, 6.07) is 0. The van der Waals surface area contributed by atoms with Crippen LogP contribution in [0.2, 0.25) is 0 Å². The molecule has 0 aliphatic heterocycles. The molecule has 0 aromatic carbocycles. The van der Waals surface area contributed by atoms with Crippen LogP contribution in [0.1, 0.15) is 40.0 Å². The number of nitrogens with two attached hydrogens (primary N) is 1. The van der Waals surface area contributed by atoms with Crippen molar-refractivity contribution in [1.82, 2.24) is 0 Å². The zero-order chi connectivity index (χ0) is 10.3. The van der Waals surface area contributed by atoms with Crippen LogP contribution in [0.25, 0.3) is 0 Å². The number of hydrogen-bond donors (Lipinski definition) is 2. The third-order valence-electron chi connectivity index (χ3n) is 2.17. The molecule has 0 bridgehead atoms. The maximum absolute atomic E-state index is 7.38. The minimum atomic E-state index is -0.104. The molecule has 0 aromatic heterocycles. The summed E-state index contributed by atoms with van der Waals surface area (Å²) in [5.74, 6) is 2.76. The van der Waals surface area contributed by atoms with Crippen LogP contribution in [0, 0.1) is 10.8 Å². The summed E-state index contributed by atoms with van der Waals surface area (Å²) in [5.41, 5.74) is 5.38. The summed E-state index contributed by atoms with van der Waals surface area (Å²) in [6.07, 6.45) is 3.44. The smallest absolute Gasteiger partial charge is 0.0963 e. The van der Waals surface area contributed by atoms with Gasteiger partial charge in [-0.05, 0) is 30.8 Å². The number of amidine groups is 1. The molecule has 0 unspecified atom stereocenters. The summed E-state index contributed by atoms with van der Waals surface area (Å²) >= 11 is 1.99. The normalized spacial score (nSPS) is 11.6. The summed E-state index contributed by atoms with van der Waals surface area (Å²) in [5, 5.41) is 7.38. The van der Waals surface area contributed by atoms with E-state index in [2.05, 4.69) is 6.92 Å². The van der Waals surface area contributed by atoms with Crippen LogP contribution in [0.4, 0.5) is 0 Å². The second-order valence-corrected chi connectivity index (χ2v) is 5.24. The van der Waals surface area contributed by atoms with Crippen molar-refractivity contribution in [3.8, 4) is 0 Å². The van der Waals surface area contributed by atoms with E-state index in [-0.39, 0.29) is 5.41 Å². The van der Waals surface area contributed by atoms with Crippen molar-refractivity contribution in [2.24, 2.45) is 11.1 Å². The molecule has 0 amide bonds. The first-order chi connectivity index (χ1) is 6.00. The van der Waals surface area contributed by atoms with Crippen LogP contribution in [-0.4, -0.2) is 17.3 Å². The Bertz CT molecular complexity index is 155. The molecule has 0 heterocycles. The van der Waals surface area contributed by atoms with Crippen LogP contribution in [0.3, 0.4) is 0 Å². The molecule has 3 N–H and O–H groups in total. The van der Waals surface area contributed by atoms with Crippen LogP contribution >= 0.6 is 11.8 Å². The van der Waals surface area contributed by atoms with Crippen molar-refractivity contribution >= 4 is 17.6 Å².